The van der Waals surface area contributed by atoms with E-state index in [0.717, 1.165) is 24.8 Å². The normalized spacial score (nSPS) is 47.2. The second-order valence-corrected chi connectivity index (χ2v) is 8.25. The lowest BCUT2D eigenvalue weighted by Gasteiger charge is -2.56. The lowest BCUT2D eigenvalue weighted by atomic mass is 9.50. The Labute approximate surface area is 133 Å². The summed E-state index contributed by atoms with van der Waals surface area (Å²) in [5.74, 6) is 1.94. The molecule has 4 aliphatic carbocycles. The summed E-state index contributed by atoms with van der Waals surface area (Å²) >= 11 is 0. The standard InChI is InChI=1S/C20H28O2/c1-3-13-5-7-17-16-6-4-14-12-15(21)8-11-20(14,22)18(16)9-10-19(13,17)2/h5,12,16-18,22H,3-4,6-11H2,1-2H3. The molecular formula is C20H28O2. The zero-order valence-corrected chi connectivity index (χ0v) is 13.9. The smallest absolute Gasteiger partial charge is 0.155 e. The van der Waals surface area contributed by atoms with Gasteiger partial charge in [-0.3, -0.25) is 4.79 Å². The van der Waals surface area contributed by atoms with Crippen molar-refractivity contribution in [2.24, 2.45) is 23.2 Å². The Morgan fingerprint density at radius 2 is 2.05 bits per heavy atom. The first kappa shape index (κ1) is 14.7. The average molecular weight is 300 g/mol. The van der Waals surface area contributed by atoms with Crippen LogP contribution in [0.25, 0.3) is 0 Å². The number of rotatable bonds is 1. The maximum absolute atomic E-state index is 11.7. The fourth-order valence-corrected chi connectivity index (χ4v) is 6.39. The highest BCUT2D eigenvalue weighted by molar-refractivity contribution is 5.92. The van der Waals surface area contributed by atoms with Crippen molar-refractivity contribution in [2.45, 2.75) is 70.8 Å². The van der Waals surface area contributed by atoms with Gasteiger partial charge in [-0.1, -0.05) is 25.5 Å². The van der Waals surface area contributed by atoms with Crippen LogP contribution in [0.1, 0.15) is 65.2 Å². The first-order valence-corrected chi connectivity index (χ1v) is 9.15. The zero-order chi connectivity index (χ0) is 15.5. The van der Waals surface area contributed by atoms with E-state index in [9.17, 15) is 9.90 Å². The van der Waals surface area contributed by atoms with Gasteiger partial charge in [0.15, 0.2) is 5.78 Å². The van der Waals surface area contributed by atoms with Crippen LogP contribution in [0.3, 0.4) is 0 Å². The van der Waals surface area contributed by atoms with Gasteiger partial charge in [-0.25, -0.2) is 0 Å². The molecule has 0 radical (unpaired) electrons. The third kappa shape index (κ3) is 1.79. The van der Waals surface area contributed by atoms with Crippen molar-refractivity contribution in [2.75, 3.05) is 0 Å². The van der Waals surface area contributed by atoms with Gasteiger partial charge >= 0.3 is 0 Å². The molecule has 2 heteroatoms. The van der Waals surface area contributed by atoms with Crippen LogP contribution in [0.2, 0.25) is 0 Å². The summed E-state index contributed by atoms with van der Waals surface area (Å²) in [6, 6.07) is 0. The molecule has 0 aromatic heterocycles. The maximum Gasteiger partial charge on any atom is 0.155 e. The molecule has 0 spiro atoms. The van der Waals surface area contributed by atoms with E-state index in [1.54, 1.807) is 11.6 Å². The van der Waals surface area contributed by atoms with Crippen LogP contribution in [0.15, 0.2) is 23.3 Å². The minimum absolute atomic E-state index is 0.217. The number of aliphatic hydroxyl groups is 1. The van der Waals surface area contributed by atoms with Gasteiger partial charge in [0.2, 0.25) is 0 Å². The van der Waals surface area contributed by atoms with E-state index in [-0.39, 0.29) is 5.78 Å². The van der Waals surface area contributed by atoms with Crippen molar-refractivity contribution in [3.63, 3.8) is 0 Å². The summed E-state index contributed by atoms with van der Waals surface area (Å²) < 4.78 is 0. The summed E-state index contributed by atoms with van der Waals surface area (Å²) in [7, 11) is 0. The molecule has 0 heterocycles. The van der Waals surface area contributed by atoms with Crippen LogP contribution in [0, 0.1) is 23.2 Å². The predicted octanol–water partition coefficient (Wildman–Crippen LogP) is 4.19. The quantitative estimate of drug-likeness (QED) is 0.737. The van der Waals surface area contributed by atoms with Gasteiger partial charge < -0.3 is 5.11 Å². The number of hydrogen-bond donors (Lipinski definition) is 1. The van der Waals surface area contributed by atoms with Crippen LogP contribution in [-0.4, -0.2) is 16.5 Å². The maximum atomic E-state index is 11.7. The number of fused-ring (bicyclic) bond motifs is 5. The lowest BCUT2D eigenvalue weighted by Crippen LogP contribution is -2.55. The van der Waals surface area contributed by atoms with Gasteiger partial charge in [-0.05, 0) is 79.8 Å². The third-order valence-electron chi connectivity index (χ3n) is 7.56. The topological polar surface area (TPSA) is 37.3 Å². The zero-order valence-electron chi connectivity index (χ0n) is 13.9. The minimum Gasteiger partial charge on any atom is -0.385 e. The van der Waals surface area contributed by atoms with E-state index in [1.807, 2.05) is 0 Å². The largest absolute Gasteiger partial charge is 0.385 e. The summed E-state index contributed by atoms with van der Waals surface area (Å²) in [5, 5.41) is 11.4. The molecule has 5 atom stereocenters. The number of carbonyl (C=O) groups excluding carboxylic acids is 1. The minimum atomic E-state index is -0.673. The second-order valence-electron chi connectivity index (χ2n) is 8.25. The van der Waals surface area contributed by atoms with E-state index >= 15 is 0 Å². The first-order valence-electron chi connectivity index (χ1n) is 9.15. The van der Waals surface area contributed by atoms with Crippen molar-refractivity contribution in [3.8, 4) is 0 Å². The van der Waals surface area contributed by atoms with Crippen LogP contribution in [0.5, 0.6) is 0 Å². The van der Waals surface area contributed by atoms with Crippen molar-refractivity contribution in [1.29, 1.82) is 0 Å². The number of carbonyl (C=O) groups is 1. The molecule has 0 amide bonds. The summed E-state index contributed by atoms with van der Waals surface area (Å²) in [4.78, 5) is 11.7. The molecule has 120 valence electrons. The third-order valence-corrected chi connectivity index (χ3v) is 7.56. The van der Waals surface area contributed by atoms with Crippen molar-refractivity contribution in [3.05, 3.63) is 23.3 Å². The van der Waals surface area contributed by atoms with Crippen LogP contribution >= 0.6 is 0 Å². The molecule has 0 saturated heterocycles. The van der Waals surface area contributed by atoms with E-state index in [4.69, 9.17) is 0 Å². The van der Waals surface area contributed by atoms with Gasteiger partial charge in [0.25, 0.3) is 0 Å². The van der Waals surface area contributed by atoms with Crippen molar-refractivity contribution >= 4 is 5.78 Å². The van der Waals surface area contributed by atoms with Crippen LogP contribution in [0.4, 0.5) is 0 Å². The number of ketones is 1. The van der Waals surface area contributed by atoms with Gasteiger partial charge in [0.1, 0.15) is 0 Å². The van der Waals surface area contributed by atoms with E-state index < -0.39 is 5.60 Å². The molecule has 0 bridgehead atoms. The average Bonchev–Trinajstić information content (AvgIpc) is 2.84. The first-order chi connectivity index (χ1) is 10.5. The van der Waals surface area contributed by atoms with E-state index in [1.165, 1.54) is 19.3 Å². The Bertz CT molecular complexity index is 572. The van der Waals surface area contributed by atoms with Gasteiger partial charge in [0, 0.05) is 6.42 Å². The highest BCUT2D eigenvalue weighted by atomic mass is 16.3. The van der Waals surface area contributed by atoms with Gasteiger partial charge in [0.05, 0.1) is 5.60 Å². The van der Waals surface area contributed by atoms with E-state index in [2.05, 4.69) is 19.9 Å². The summed E-state index contributed by atoms with van der Waals surface area (Å²) in [6.45, 7) is 4.75. The number of hydrogen-bond acceptors (Lipinski definition) is 2. The molecule has 2 saturated carbocycles. The van der Waals surface area contributed by atoms with Gasteiger partial charge in [-0.15, -0.1) is 0 Å². The molecule has 1 N–H and O–H groups in total. The van der Waals surface area contributed by atoms with Crippen LogP contribution < -0.4 is 0 Å². The second kappa shape index (κ2) is 4.80. The highest BCUT2D eigenvalue weighted by Gasteiger charge is 2.57. The Morgan fingerprint density at radius 3 is 2.82 bits per heavy atom. The fourth-order valence-electron chi connectivity index (χ4n) is 6.39. The van der Waals surface area contributed by atoms with Crippen LogP contribution in [-0.2, 0) is 4.79 Å². The molecule has 0 aromatic carbocycles. The Morgan fingerprint density at radius 1 is 1.23 bits per heavy atom. The van der Waals surface area contributed by atoms with Crippen molar-refractivity contribution < 1.29 is 9.90 Å². The SMILES string of the molecule is CCC1=CCC2C3CCC4=CC(=O)CCC4(O)C3CCC12C. The molecule has 0 aromatic rings. The molecule has 22 heavy (non-hydrogen) atoms. The Balaban J connectivity index is 1.67. The predicted molar refractivity (Wildman–Crippen MR) is 87.3 cm³/mol. The van der Waals surface area contributed by atoms with E-state index in [0.29, 0.717) is 36.0 Å². The molecule has 4 aliphatic rings. The number of allylic oxidation sites excluding steroid dienone is 3. The Hall–Kier alpha value is -0.890. The molecule has 0 aliphatic heterocycles. The molecular weight excluding hydrogens is 272 g/mol. The monoisotopic (exact) mass is 300 g/mol. The molecule has 4 rings (SSSR count). The summed E-state index contributed by atoms with van der Waals surface area (Å²) in [6.07, 6.45) is 12.3. The summed E-state index contributed by atoms with van der Waals surface area (Å²) in [5.41, 5.74) is 2.41. The molecule has 2 nitrogen and oxygen atoms in total. The fraction of sp³-hybridized carbons (Fsp3) is 0.750. The highest BCUT2D eigenvalue weighted by Crippen LogP contribution is 2.63. The molecule has 2 fully saturated rings. The lowest BCUT2D eigenvalue weighted by molar-refractivity contribution is -0.124. The Kier molecular flexibility index (Phi) is 3.21. The van der Waals surface area contributed by atoms with Crippen molar-refractivity contribution in [1.82, 2.24) is 0 Å². The van der Waals surface area contributed by atoms with Gasteiger partial charge in [-0.2, -0.15) is 0 Å². The molecule has 5 unspecified atom stereocenters.